The SMILES string of the molecule is COc1cccc2c1nc(-c1ccc(-c3ccc4occc4c3)cc1)n2C[C@H]1CCN(C(=O)C2CC2)C1. The third-order valence-electron chi connectivity index (χ3n) is 7.86. The number of hydrogen-bond donors (Lipinski definition) is 0. The van der Waals surface area contributed by atoms with Crippen LogP contribution >= 0.6 is 0 Å². The largest absolute Gasteiger partial charge is 0.494 e. The van der Waals surface area contributed by atoms with Crippen LogP contribution in [0.3, 0.4) is 0 Å². The highest BCUT2D eigenvalue weighted by atomic mass is 16.5. The lowest BCUT2D eigenvalue weighted by molar-refractivity contribution is -0.131. The molecule has 2 aromatic heterocycles. The first-order chi connectivity index (χ1) is 18.2. The average Bonchev–Trinajstić information content (AvgIpc) is 3.32. The van der Waals surface area contributed by atoms with Gasteiger partial charge in [0, 0.05) is 36.5 Å². The Balaban J connectivity index is 1.23. The Kier molecular flexibility index (Phi) is 5.27. The first-order valence-electron chi connectivity index (χ1n) is 13.1. The van der Waals surface area contributed by atoms with E-state index in [9.17, 15) is 4.79 Å². The van der Waals surface area contributed by atoms with Gasteiger partial charge in [0.25, 0.3) is 0 Å². The number of rotatable bonds is 6. The molecule has 7 rings (SSSR count). The van der Waals surface area contributed by atoms with Gasteiger partial charge in [0.05, 0.1) is 18.9 Å². The molecule has 1 amide bonds. The van der Waals surface area contributed by atoms with Gasteiger partial charge in [-0.2, -0.15) is 0 Å². The molecule has 6 heteroatoms. The minimum Gasteiger partial charge on any atom is -0.494 e. The van der Waals surface area contributed by atoms with Crippen LogP contribution < -0.4 is 4.74 Å². The van der Waals surface area contributed by atoms with Crippen LogP contribution in [0.25, 0.3) is 44.5 Å². The van der Waals surface area contributed by atoms with Crippen LogP contribution in [-0.4, -0.2) is 40.6 Å². The first kappa shape index (κ1) is 22.2. The van der Waals surface area contributed by atoms with Crippen LogP contribution in [0.15, 0.2) is 77.4 Å². The predicted molar refractivity (Wildman–Crippen MR) is 144 cm³/mol. The Labute approximate surface area is 215 Å². The summed E-state index contributed by atoms with van der Waals surface area (Å²) < 4.78 is 13.5. The molecule has 1 saturated carbocycles. The Morgan fingerprint density at radius 1 is 1.00 bits per heavy atom. The van der Waals surface area contributed by atoms with E-state index in [-0.39, 0.29) is 5.92 Å². The van der Waals surface area contributed by atoms with Crippen molar-refractivity contribution in [3.63, 3.8) is 0 Å². The Bertz CT molecular complexity index is 1610. The Hall–Kier alpha value is -4.06. The van der Waals surface area contributed by atoms with E-state index in [0.29, 0.717) is 11.8 Å². The number of likely N-dealkylation sites (tertiary alicyclic amines) is 1. The van der Waals surface area contributed by atoms with Crippen LogP contribution in [0.1, 0.15) is 19.3 Å². The Morgan fingerprint density at radius 2 is 1.81 bits per heavy atom. The first-order valence-corrected chi connectivity index (χ1v) is 13.1. The maximum Gasteiger partial charge on any atom is 0.225 e. The van der Waals surface area contributed by atoms with E-state index in [1.165, 1.54) is 0 Å². The van der Waals surface area contributed by atoms with Crippen molar-refractivity contribution in [1.29, 1.82) is 0 Å². The van der Waals surface area contributed by atoms with Gasteiger partial charge in [0.15, 0.2) is 0 Å². The fourth-order valence-electron chi connectivity index (χ4n) is 5.68. The zero-order valence-electron chi connectivity index (χ0n) is 20.9. The second-order valence-corrected chi connectivity index (χ2v) is 10.3. The minimum atomic E-state index is 0.278. The number of carbonyl (C=O) groups excluding carboxylic acids is 1. The maximum absolute atomic E-state index is 12.6. The van der Waals surface area contributed by atoms with Crippen LogP contribution in [0.4, 0.5) is 0 Å². The molecule has 3 heterocycles. The number of furan rings is 1. The van der Waals surface area contributed by atoms with E-state index in [1.807, 2.05) is 24.3 Å². The molecule has 2 aliphatic rings. The Morgan fingerprint density at radius 3 is 2.62 bits per heavy atom. The quantitative estimate of drug-likeness (QED) is 0.276. The van der Waals surface area contributed by atoms with Gasteiger partial charge >= 0.3 is 0 Å². The number of nitrogens with zero attached hydrogens (tertiary/aromatic N) is 3. The summed E-state index contributed by atoms with van der Waals surface area (Å²) in [7, 11) is 1.69. The van der Waals surface area contributed by atoms with Crippen molar-refractivity contribution in [1.82, 2.24) is 14.5 Å². The third-order valence-corrected chi connectivity index (χ3v) is 7.86. The van der Waals surface area contributed by atoms with Crippen LogP contribution in [0.5, 0.6) is 5.75 Å². The van der Waals surface area contributed by atoms with Crippen molar-refractivity contribution in [2.24, 2.45) is 11.8 Å². The summed E-state index contributed by atoms with van der Waals surface area (Å²) in [4.78, 5) is 19.8. The van der Waals surface area contributed by atoms with Gasteiger partial charge in [0.2, 0.25) is 5.91 Å². The standard InChI is InChI=1S/C31H29N3O3/c1-36-28-4-2-3-26-29(28)32-30(34(26)19-20-13-15-33(18-20)31(35)23-9-10-23)22-7-5-21(6-8-22)24-11-12-27-25(17-24)14-16-37-27/h2-8,11-12,14,16-17,20,23H,9-10,13,15,18-19H2,1H3/t20-/m0/s1. The summed E-state index contributed by atoms with van der Waals surface area (Å²) in [6, 6.07) is 23.0. The van der Waals surface area contributed by atoms with E-state index in [2.05, 4.69) is 51.9 Å². The molecule has 5 aromatic rings. The summed E-state index contributed by atoms with van der Waals surface area (Å²) >= 11 is 0. The van der Waals surface area contributed by atoms with Crippen molar-refractivity contribution in [3.05, 3.63) is 73.0 Å². The molecule has 1 saturated heterocycles. The van der Waals surface area contributed by atoms with Crippen LogP contribution in [0, 0.1) is 11.8 Å². The van der Waals surface area contributed by atoms with Crippen molar-refractivity contribution >= 4 is 27.9 Å². The number of para-hydroxylation sites is 1. The number of benzene rings is 3. The number of aromatic nitrogens is 2. The summed E-state index contributed by atoms with van der Waals surface area (Å²) in [5.41, 5.74) is 6.20. The van der Waals surface area contributed by atoms with Crippen molar-refractivity contribution < 1.29 is 13.9 Å². The molecule has 0 N–H and O–H groups in total. The summed E-state index contributed by atoms with van der Waals surface area (Å²) in [5, 5.41) is 1.10. The number of fused-ring (bicyclic) bond motifs is 2. The van der Waals surface area contributed by atoms with E-state index in [4.69, 9.17) is 14.1 Å². The second kappa shape index (κ2) is 8.80. The van der Waals surface area contributed by atoms with Gasteiger partial charge in [-0.3, -0.25) is 4.79 Å². The molecule has 0 radical (unpaired) electrons. The number of carbonyl (C=O) groups is 1. The van der Waals surface area contributed by atoms with Crippen LogP contribution in [-0.2, 0) is 11.3 Å². The topological polar surface area (TPSA) is 60.5 Å². The van der Waals surface area contributed by atoms with Gasteiger partial charge in [-0.15, -0.1) is 0 Å². The molecule has 3 aromatic carbocycles. The summed E-state index contributed by atoms with van der Waals surface area (Å²) in [6.45, 7) is 2.52. The molecule has 2 fully saturated rings. The molecule has 0 unspecified atom stereocenters. The molecule has 0 spiro atoms. The number of imidazole rings is 1. The number of hydrogen-bond acceptors (Lipinski definition) is 4. The molecule has 186 valence electrons. The summed E-state index contributed by atoms with van der Waals surface area (Å²) in [5.74, 6) is 2.75. The number of methoxy groups -OCH3 is 1. The van der Waals surface area contributed by atoms with E-state index >= 15 is 0 Å². The zero-order valence-corrected chi connectivity index (χ0v) is 20.9. The molecule has 37 heavy (non-hydrogen) atoms. The molecule has 1 aliphatic heterocycles. The highest BCUT2D eigenvalue weighted by Gasteiger charge is 2.36. The third kappa shape index (κ3) is 3.97. The van der Waals surface area contributed by atoms with Gasteiger partial charge in [-0.25, -0.2) is 4.98 Å². The lowest BCUT2D eigenvalue weighted by Crippen LogP contribution is -2.30. The van der Waals surface area contributed by atoms with Gasteiger partial charge in [-0.1, -0.05) is 36.4 Å². The molecule has 0 bridgehead atoms. The molecule has 6 nitrogen and oxygen atoms in total. The average molecular weight is 492 g/mol. The fraction of sp³-hybridized carbons (Fsp3) is 0.290. The maximum atomic E-state index is 12.6. The van der Waals surface area contributed by atoms with E-state index in [1.54, 1.807) is 13.4 Å². The van der Waals surface area contributed by atoms with E-state index in [0.717, 1.165) is 89.2 Å². The molecular formula is C31H29N3O3. The number of amides is 1. The van der Waals surface area contributed by atoms with Crippen molar-refractivity contribution in [3.8, 4) is 28.3 Å². The van der Waals surface area contributed by atoms with Gasteiger partial charge in [0.1, 0.15) is 22.7 Å². The fourth-order valence-corrected chi connectivity index (χ4v) is 5.68. The molecule has 1 aliphatic carbocycles. The number of ether oxygens (including phenoxy) is 1. The monoisotopic (exact) mass is 491 g/mol. The van der Waals surface area contributed by atoms with Crippen molar-refractivity contribution in [2.75, 3.05) is 20.2 Å². The normalized spacial score (nSPS) is 17.6. The smallest absolute Gasteiger partial charge is 0.225 e. The predicted octanol–water partition coefficient (Wildman–Crippen LogP) is 6.38. The van der Waals surface area contributed by atoms with Crippen LogP contribution in [0.2, 0.25) is 0 Å². The minimum absolute atomic E-state index is 0.278. The lowest BCUT2D eigenvalue weighted by atomic mass is 10.0. The molecular weight excluding hydrogens is 462 g/mol. The summed E-state index contributed by atoms with van der Waals surface area (Å²) in [6.07, 6.45) is 4.86. The lowest BCUT2D eigenvalue weighted by Gasteiger charge is -2.18. The van der Waals surface area contributed by atoms with Gasteiger partial charge < -0.3 is 18.6 Å². The van der Waals surface area contributed by atoms with Crippen molar-refractivity contribution in [2.45, 2.75) is 25.8 Å². The zero-order chi connectivity index (χ0) is 24.9. The second-order valence-electron chi connectivity index (χ2n) is 10.3. The highest BCUT2D eigenvalue weighted by molar-refractivity contribution is 5.87. The molecule has 1 atom stereocenters. The van der Waals surface area contributed by atoms with Gasteiger partial charge in [-0.05, 0) is 66.6 Å². The van der Waals surface area contributed by atoms with E-state index < -0.39 is 0 Å². The highest BCUT2D eigenvalue weighted by Crippen LogP contribution is 2.36.